The van der Waals surface area contributed by atoms with Crippen LogP contribution in [0.5, 0.6) is 0 Å². The molecule has 1 aliphatic rings. The minimum atomic E-state index is 0.888. The van der Waals surface area contributed by atoms with Gasteiger partial charge in [0.25, 0.3) is 0 Å². The number of nitrogens with one attached hydrogen (secondary N) is 1. The average Bonchev–Trinajstić information content (AvgIpc) is 2.47. The smallest absolute Gasteiger partial charge is 0.138 e. The van der Waals surface area contributed by atoms with E-state index in [2.05, 4.69) is 36.7 Å². The van der Waals surface area contributed by atoms with Gasteiger partial charge in [0.2, 0.25) is 0 Å². The maximum Gasteiger partial charge on any atom is 0.138 e. The van der Waals surface area contributed by atoms with Crippen LogP contribution in [0.15, 0.2) is 22.8 Å². The molecule has 0 radical (unpaired) electrons. The zero-order valence-electron chi connectivity index (χ0n) is 6.92. The first-order valence-corrected chi connectivity index (χ1v) is 5.01. The van der Waals surface area contributed by atoms with Gasteiger partial charge in [-0.25, -0.2) is 4.98 Å². The van der Waals surface area contributed by atoms with E-state index >= 15 is 0 Å². The lowest BCUT2D eigenvalue weighted by Gasteiger charge is -2.15. The van der Waals surface area contributed by atoms with Crippen LogP contribution in [0.25, 0.3) is 5.65 Å². The summed E-state index contributed by atoms with van der Waals surface area (Å²) >= 11 is 3.47. The molecule has 0 fully saturated rings. The van der Waals surface area contributed by atoms with E-state index in [1.54, 1.807) is 0 Å². The molecule has 3 nitrogen and oxygen atoms in total. The second kappa shape index (κ2) is 2.56. The minimum absolute atomic E-state index is 0.888. The van der Waals surface area contributed by atoms with Crippen molar-refractivity contribution < 1.29 is 0 Å². The van der Waals surface area contributed by atoms with Crippen LogP contribution in [0, 0.1) is 0 Å². The summed E-state index contributed by atoms with van der Waals surface area (Å²) in [5.74, 6) is 0. The Kier molecular flexibility index (Phi) is 1.48. The van der Waals surface area contributed by atoms with Crippen LogP contribution in [-0.4, -0.2) is 9.38 Å². The van der Waals surface area contributed by atoms with E-state index < -0.39 is 0 Å². The second-order valence-electron chi connectivity index (χ2n) is 3.16. The van der Waals surface area contributed by atoms with Gasteiger partial charge in [-0.15, -0.1) is 0 Å². The van der Waals surface area contributed by atoms with Crippen molar-refractivity contribution in [3.63, 3.8) is 0 Å². The molecule has 0 unspecified atom stereocenters. The van der Waals surface area contributed by atoms with Crippen LogP contribution >= 0.6 is 15.9 Å². The lowest BCUT2D eigenvalue weighted by atomic mass is 10.3. The Morgan fingerprint density at radius 3 is 3.23 bits per heavy atom. The molecule has 2 aromatic rings. The zero-order valence-corrected chi connectivity index (χ0v) is 8.50. The molecule has 1 N–H and O–H groups in total. The Morgan fingerprint density at radius 2 is 2.31 bits per heavy atom. The van der Waals surface area contributed by atoms with Gasteiger partial charge in [0.15, 0.2) is 0 Å². The molecular weight excluding hydrogens is 230 g/mol. The van der Waals surface area contributed by atoms with E-state index in [-0.39, 0.29) is 0 Å². The van der Waals surface area contributed by atoms with Crippen molar-refractivity contribution in [2.45, 2.75) is 13.1 Å². The number of aromatic nitrogens is 2. The van der Waals surface area contributed by atoms with Crippen LogP contribution in [0.3, 0.4) is 0 Å². The topological polar surface area (TPSA) is 29.3 Å². The number of imidazole rings is 1. The summed E-state index contributed by atoms with van der Waals surface area (Å²) in [4.78, 5) is 4.42. The number of pyridine rings is 1. The summed E-state index contributed by atoms with van der Waals surface area (Å²) in [6.45, 7) is 1.81. The third-order valence-electron chi connectivity index (χ3n) is 2.37. The second-order valence-corrected chi connectivity index (χ2v) is 3.91. The van der Waals surface area contributed by atoms with E-state index in [1.807, 2.05) is 12.1 Å². The van der Waals surface area contributed by atoms with Crippen molar-refractivity contribution in [3.8, 4) is 0 Å². The molecule has 0 aromatic carbocycles. The summed E-state index contributed by atoms with van der Waals surface area (Å²) in [5, 5.41) is 3.34. The predicted octanol–water partition coefficient (Wildman–Crippen LogP) is 1.70. The van der Waals surface area contributed by atoms with E-state index in [0.717, 1.165) is 23.3 Å². The SMILES string of the molecule is Brc1nc2cccc3n2c1CNC3. The fourth-order valence-corrected chi connectivity index (χ4v) is 2.30. The van der Waals surface area contributed by atoms with E-state index in [4.69, 9.17) is 0 Å². The van der Waals surface area contributed by atoms with Gasteiger partial charge in [-0.3, -0.25) is 4.40 Å². The van der Waals surface area contributed by atoms with Crippen LogP contribution in [0.4, 0.5) is 0 Å². The van der Waals surface area contributed by atoms with Crippen molar-refractivity contribution in [1.29, 1.82) is 0 Å². The molecule has 0 bridgehead atoms. The largest absolute Gasteiger partial charge is 0.306 e. The van der Waals surface area contributed by atoms with Crippen LogP contribution in [0.2, 0.25) is 0 Å². The molecule has 0 saturated carbocycles. The van der Waals surface area contributed by atoms with Gasteiger partial charge in [0.05, 0.1) is 5.69 Å². The van der Waals surface area contributed by atoms with E-state index in [1.165, 1.54) is 11.4 Å². The molecule has 4 heteroatoms. The molecule has 13 heavy (non-hydrogen) atoms. The Bertz CT molecular complexity index is 475. The zero-order chi connectivity index (χ0) is 8.84. The highest BCUT2D eigenvalue weighted by atomic mass is 79.9. The van der Waals surface area contributed by atoms with Crippen LogP contribution in [0.1, 0.15) is 11.4 Å². The Morgan fingerprint density at radius 1 is 1.38 bits per heavy atom. The van der Waals surface area contributed by atoms with Crippen molar-refractivity contribution >= 4 is 21.6 Å². The minimum Gasteiger partial charge on any atom is -0.306 e. The highest BCUT2D eigenvalue weighted by molar-refractivity contribution is 9.10. The van der Waals surface area contributed by atoms with Gasteiger partial charge >= 0.3 is 0 Å². The molecule has 2 aromatic heterocycles. The Hall–Kier alpha value is -0.870. The number of hydrogen-bond acceptors (Lipinski definition) is 2. The summed E-state index contributed by atoms with van der Waals surface area (Å²) in [6.07, 6.45) is 0. The van der Waals surface area contributed by atoms with Gasteiger partial charge in [0.1, 0.15) is 10.3 Å². The van der Waals surface area contributed by atoms with Crippen molar-refractivity contribution in [2.24, 2.45) is 0 Å². The van der Waals surface area contributed by atoms with Gasteiger partial charge in [-0.2, -0.15) is 0 Å². The molecular formula is C9H8BrN3. The monoisotopic (exact) mass is 237 g/mol. The van der Waals surface area contributed by atoms with Crippen LogP contribution < -0.4 is 5.32 Å². The molecule has 3 rings (SSSR count). The first-order chi connectivity index (χ1) is 6.36. The van der Waals surface area contributed by atoms with E-state index in [0.29, 0.717) is 0 Å². The Labute approximate surface area is 83.9 Å². The average molecular weight is 238 g/mol. The third kappa shape index (κ3) is 0.957. The van der Waals surface area contributed by atoms with Gasteiger partial charge in [-0.1, -0.05) is 6.07 Å². The number of hydrogen-bond donors (Lipinski definition) is 1. The third-order valence-corrected chi connectivity index (χ3v) is 3.00. The summed E-state index contributed by atoms with van der Waals surface area (Å²) in [6, 6.07) is 6.20. The molecule has 0 aliphatic carbocycles. The summed E-state index contributed by atoms with van der Waals surface area (Å²) in [7, 11) is 0. The maximum atomic E-state index is 4.42. The highest BCUT2D eigenvalue weighted by Crippen LogP contribution is 2.22. The lowest BCUT2D eigenvalue weighted by molar-refractivity contribution is 0.611. The molecule has 0 spiro atoms. The van der Waals surface area contributed by atoms with Crippen molar-refractivity contribution in [2.75, 3.05) is 0 Å². The summed E-state index contributed by atoms with van der Waals surface area (Å²) < 4.78 is 3.16. The lowest BCUT2D eigenvalue weighted by Crippen LogP contribution is -2.22. The number of rotatable bonds is 0. The maximum absolute atomic E-state index is 4.42. The molecule has 1 aliphatic heterocycles. The fourth-order valence-electron chi connectivity index (χ4n) is 1.80. The normalized spacial score (nSPS) is 15.2. The summed E-state index contributed by atoms with van der Waals surface area (Å²) in [5.41, 5.74) is 3.52. The van der Waals surface area contributed by atoms with Gasteiger partial charge in [-0.05, 0) is 28.1 Å². The van der Waals surface area contributed by atoms with E-state index in [9.17, 15) is 0 Å². The molecule has 3 heterocycles. The fraction of sp³-hybridized carbons (Fsp3) is 0.222. The molecule has 0 atom stereocenters. The van der Waals surface area contributed by atoms with Crippen molar-refractivity contribution in [3.05, 3.63) is 34.2 Å². The first kappa shape index (κ1) is 7.53. The Balaban J connectivity index is 2.51. The van der Waals surface area contributed by atoms with Gasteiger partial charge in [0, 0.05) is 18.8 Å². The number of halogens is 1. The number of nitrogens with zero attached hydrogens (tertiary/aromatic N) is 2. The highest BCUT2D eigenvalue weighted by Gasteiger charge is 2.15. The predicted molar refractivity (Wildman–Crippen MR) is 53.4 cm³/mol. The standard InChI is InChI=1S/C9H8BrN3/c10-9-7-5-11-4-6-2-1-3-8(12-9)13(6)7/h1-3,11H,4-5H2. The van der Waals surface area contributed by atoms with Gasteiger partial charge < -0.3 is 5.32 Å². The first-order valence-electron chi connectivity index (χ1n) is 4.22. The quantitative estimate of drug-likeness (QED) is 0.756. The molecule has 0 saturated heterocycles. The van der Waals surface area contributed by atoms with Crippen molar-refractivity contribution in [1.82, 2.24) is 14.7 Å². The molecule has 66 valence electrons. The van der Waals surface area contributed by atoms with Crippen LogP contribution in [-0.2, 0) is 13.1 Å². The molecule has 0 amide bonds.